The minimum absolute atomic E-state index is 0.0976. The maximum atomic E-state index is 12.4. The van der Waals surface area contributed by atoms with Crippen molar-refractivity contribution in [2.24, 2.45) is 5.92 Å². The van der Waals surface area contributed by atoms with Crippen LogP contribution in [0, 0.1) is 5.92 Å². The first-order valence-corrected chi connectivity index (χ1v) is 7.50. The van der Waals surface area contributed by atoms with Gasteiger partial charge >= 0.3 is 0 Å². The Kier molecular flexibility index (Phi) is 2.80. The van der Waals surface area contributed by atoms with Crippen molar-refractivity contribution in [1.82, 2.24) is 20.5 Å². The topological polar surface area (TPSA) is 70.7 Å². The lowest BCUT2D eigenvalue weighted by molar-refractivity contribution is -0.123. The van der Waals surface area contributed by atoms with Gasteiger partial charge in [0.05, 0.1) is 6.54 Å². The fraction of sp³-hybridized carbons (Fsp3) is 0.438. The summed E-state index contributed by atoms with van der Waals surface area (Å²) in [4.78, 5) is 16.4. The number of fused-ring (bicyclic) bond motifs is 2. The Bertz CT molecular complexity index is 667. The van der Waals surface area contributed by atoms with E-state index in [4.69, 9.17) is 0 Å². The minimum Gasteiger partial charge on any atom is -0.349 e. The molecule has 1 fully saturated rings. The molecule has 5 nitrogen and oxygen atoms in total. The molecule has 0 aliphatic heterocycles. The van der Waals surface area contributed by atoms with Crippen LogP contribution in [0.5, 0.6) is 0 Å². The van der Waals surface area contributed by atoms with Crippen LogP contribution in [-0.4, -0.2) is 21.1 Å². The molecule has 1 amide bonds. The zero-order chi connectivity index (χ0) is 14.3. The summed E-state index contributed by atoms with van der Waals surface area (Å²) < 4.78 is 0. The molecular formula is C16H18N4O. The van der Waals surface area contributed by atoms with E-state index in [1.807, 2.05) is 0 Å². The van der Waals surface area contributed by atoms with Gasteiger partial charge in [0.1, 0.15) is 12.2 Å². The van der Waals surface area contributed by atoms with Gasteiger partial charge in [-0.25, -0.2) is 4.98 Å². The quantitative estimate of drug-likeness (QED) is 0.900. The van der Waals surface area contributed by atoms with E-state index in [9.17, 15) is 4.79 Å². The van der Waals surface area contributed by atoms with Gasteiger partial charge < -0.3 is 5.32 Å². The molecule has 4 rings (SSSR count). The predicted molar refractivity (Wildman–Crippen MR) is 77.4 cm³/mol. The first-order chi connectivity index (χ1) is 10.3. The number of aromatic nitrogens is 3. The Hall–Kier alpha value is -2.17. The zero-order valence-electron chi connectivity index (χ0n) is 11.8. The van der Waals surface area contributed by atoms with Crippen LogP contribution in [0.1, 0.15) is 36.2 Å². The largest absolute Gasteiger partial charge is 0.349 e. The standard InChI is InChI=1S/C16H18N4O/c21-15(17-9-14-18-10-19-20-14)13-8-16(13)7-3-5-11-4-1-2-6-12(11)16/h1-2,4,6,10,13H,3,5,7-9H2,(H,17,21)(H,18,19,20)/t13-,16+/m1/s1. The van der Waals surface area contributed by atoms with Crippen LogP contribution in [0.25, 0.3) is 0 Å². The van der Waals surface area contributed by atoms with Crippen molar-refractivity contribution in [2.75, 3.05) is 0 Å². The van der Waals surface area contributed by atoms with Crippen molar-refractivity contribution in [3.63, 3.8) is 0 Å². The molecule has 5 heteroatoms. The molecule has 0 bridgehead atoms. The summed E-state index contributed by atoms with van der Waals surface area (Å²) >= 11 is 0. The Labute approximate surface area is 123 Å². The maximum absolute atomic E-state index is 12.4. The molecule has 2 N–H and O–H groups in total. The highest BCUT2D eigenvalue weighted by molar-refractivity contribution is 5.84. The lowest BCUT2D eigenvalue weighted by Gasteiger charge is -2.26. The molecule has 108 valence electrons. The summed E-state index contributed by atoms with van der Waals surface area (Å²) in [6.07, 6.45) is 5.89. The lowest BCUT2D eigenvalue weighted by Crippen LogP contribution is -2.30. The number of rotatable bonds is 3. The van der Waals surface area contributed by atoms with Crippen LogP contribution >= 0.6 is 0 Å². The maximum Gasteiger partial charge on any atom is 0.224 e. The number of aromatic amines is 1. The van der Waals surface area contributed by atoms with Crippen LogP contribution in [0.2, 0.25) is 0 Å². The first kappa shape index (κ1) is 12.6. The Morgan fingerprint density at radius 3 is 3.19 bits per heavy atom. The second-order valence-electron chi connectivity index (χ2n) is 6.07. The number of carbonyl (C=O) groups excluding carboxylic acids is 1. The van der Waals surface area contributed by atoms with Gasteiger partial charge in [-0.2, -0.15) is 5.10 Å². The van der Waals surface area contributed by atoms with Crippen molar-refractivity contribution >= 4 is 5.91 Å². The molecule has 2 aliphatic rings. The molecule has 0 unspecified atom stereocenters. The van der Waals surface area contributed by atoms with E-state index in [1.54, 1.807) is 0 Å². The number of nitrogens with zero attached hydrogens (tertiary/aromatic N) is 2. The van der Waals surface area contributed by atoms with Crippen LogP contribution in [-0.2, 0) is 23.2 Å². The highest BCUT2D eigenvalue weighted by Crippen LogP contribution is 2.60. The van der Waals surface area contributed by atoms with Gasteiger partial charge in [0.15, 0.2) is 0 Å². The van der Waals surface area contributed by atoms with Crippen molar-refractivity contribution in [1.29, 1.82) is 0 Å². The molecule has 21 heavy (non-hydrogen) atoms. The molecule has 1 aromatic carbocycles. The summed E-state index contributed by atoms with van der Waals surface area (Å²) in [5.41, 5.74) is 2.92. The third kappa shape index (κ3) is 2.04. The first-order valence-electron chi connectivity index (χ1n) is 7.50. The Morgan fingerprint density at radius 2 is 2.33 bits per heavy atom. The molecule has 2 aromatic rings. The molecular weight excluding hydrogens is 264 g/mol. The Morgan fingerprint density at radius 1 is 1.43 bits per heavy atom. The summed E-state index contributed by atoms with van der Waals surface area (Å²) in [7, 11) is 0. The van der Waals surface area contributed by atoms with E-state index in [-0.39, 0.29) is 17.2 Å². The number of hydrogen-bond donors (Lipinski definition) is 2. The summed E-state index contributed by atoms with van der Waals surface area (Å²) in [5.74, 6) is 0.951. The monoisotopic (exact) mass is 282 g/mol. The second-order valence-corrected chi connectivity index (χ2v) is 6.07. The van der Waals surface area contributed by atoms with E-state index >= 15 is 0 Å². The van der Waals surface area contributed by atoms with Crippen LogP contribution < -0.4 is 5.32 Å². The van der Waals surface area contributed by atoms with Gasteiger partial charge in [-0.15, -0.1) is 0 Å². The van der Waals surface area contributed by atoms with E-state index in [1.165, 1.54) is 23.9 Å². The van der Waals surface area contributed by atoms with Crippen molar-refractivity contribution in [2.45, 2.75) is 37.6 Å². The summed E-state index contributed by atoms with van der Waals surface area (Å²) in [5, 5.41) is 9.53. The van der Waals surface area contributed by atoms with Crippen molar-refractivity contribution < 1.29 is 4.79 Å². The van der Waals surface area contributed by atoms with Crippen LogP contribution in [0.4, 0.5) is 0 Å². The second kappa shape index (κ2) is 4.69. The number of aryl methyl sites for hydroxylation is 1. The number of nitrogens with one attached hydrogen (secondary N) is 2. The normalized spacial score (nSPS) is 26.4. The smallest absolute Gasteiger partial charge is 0.224 e. The van der Waals surface area contributed by atoms with Gasteiger partial charge in [-0.1, -0.05) is 24.3 Å². The van der Waals surface area contributed by atoms with E-state index in [0.717, 1.165) is 19.3 Å². The van der Waals surface area contributed by atoms with Gasteiger partial charge in [-0.3, -0.25) is 9.89 Å². The third-order valence-corrected chi connectivity index (χ3v) is 4.91. The summed E-state index contributed by atoms with van der Waals surface area (Å²) in [6.45, 7) is 0.424. The van der Waals surface area contributed by atoms with Gasteiger partial charge in [-0.05, 0) is 36.8 Å². The van der Waals surface area contributed by atoms with E-state index in [2.05, 4.69) is 44.8 Å². The molecule has 0 saturated heterocycles. The fourth-order valence-electron chi connectivity index (χ4n) is 3.79. The zero-order valence-corrected chi connectivity index (χ0v) is 11.8. The highest BCUT2D eigenvalue weighted by atomic mass is 16.2. The van der Waals surface area contributed by atoms with E-state index < -0.39 is 0 Å². The molecule has 2 aliphatic carbocycles. The molecule has 1 heterocycles. The molecule has 1 spiro atoms. The number of benzene rings is 1. The summed E-state index contributed by atoms with van der Waals surface area (Å²) in [6, 6.07) is 8.60. The number of amides is 1. The van der Waals surface area contributed by atoms with E-state index in [0.29, 0.717) is 12.4 Å². The molecule has 1 aromatic heterocycles. The molecule has 0 radical (unpaired) electrons. The van der Waals surface area contributed by atoms with Crippen molar-refractivity contribution in [3.05, 3.63) is 47.5 Å². The number of H-pyrrole nitrogens is 1. The van der Waals surface area contributed by atoms with Crippen LogP contribution in [0.15, 0.2) is 30.6 Å². The number of carbonyl (C=O) groups is 1. The average molecular weight is 282 g/mol. The van der Waals surface area contributed by atoms with Gasteiger partial charge in [0, 0.05) is 11.3 Å². The van der Waals surface area contributed by atoms with Gasteiger partial charge in [0.2, 0.25) is 5.91 Å². The lowest BCUT2D eigenvalue weighted by atomic mass is 9.78. The molecule has 1 saturated carbocycles. The van der Waals surface area contributed by atoms with Crippen LogP contribution in [0.3, 0.4) is 0 Å². The number of hydrogen-bond acceptors (Lipinski definition) is 3. The predicted octanol–water partition coefficient (Wildman–Crippen LogP) is 1.72. The average Bonchev–Trinajstić information content (AvgIpc) is 2.98. The van der Waals surface area contributed by atoms with Crippen molar-refractivity contribution in [3.8, 4) is 0 Å². The molecule has 2 atom stereocenters. The minimum atomic E-state index is 0.0976. The Balaban J connectivity index is 1.49. The fourth-order valence-corrected chi connectivity index (χ4v) is 3.79. The van der Waals surface area contributed by atoms with Gasteiger partial charge in [0.25, 0.3) is 0 Å². The third-order valence-electron chi connectivity index (χ3n) is 4.91. The highest BCUT2D eigenvalue weighted by Gasteiger charge is 2.59. The SMILES string of the molecule is O=C(NCc1ncn[nH]1)[C@H]1C[C@]12CCCc1ccccc12.